The van der Waals surface area contributed by atoms with Crippen LogP contribution in [0.2, 0.25) is 0 Å². The van der Waals surface area contributed by atoms with Crippen molar-refractivity contribution in [1.29, 1.82) is 0 Å². The molecule has 0 aliphatic heterocycles. The summed E-state index contributed by atoms with van der Waals surface area (Å²) in [7, 11) is 0. The van der Waals surface area contributed by atoms with Gasteiger partial charge in [0.1, 0.15) is 5.58 Å². The van der Waals surface area contributed by atoms with Gasteiger partial charge in [-0.2, -0.15) is 0 Å². The van der Waals surface area contributed by atoms with Gasteiger partial charge in [0.2, 0.25) is 0 Å². The standard InChI is InChI=1S/C21H17N3O3/c25-18-11-20(27-19-4-2-1-3-17(18)19)21(26)23-12-15-5-7-16(8-6-15)13-24-10-9-22-14-24/h1-11,14H,12-13H2,(H,23,26). The molecule has 4 aromatic rings. The number of aromatic nitrogens is 2. The number of imidazole rings is 1. The number of para-hydroxylation sites is 1. The van der Waals surface area contributed by atoms with Gasteiger partial charge in [-0.25, -0.2) is 4.98 Å². The van der Waals surface area contributed by atoms with Crippen molar-refractivity contribution in [1.82, 2.24) is 14.9 Å². The van der Waals surface area contributed by atoms with Gasteiger partial charge in [0.15, 0.2) is 11.2 Å². The van der Waals surface area contributed by atoms with Gasteiger partial charge < -0.3 is 14.3 Å². The predicted molar refractivity (Wildman–Crippen MR) is 101 cm³/mol. The average molecular weight is 359 g/mol. The van der Waals surface area contributed by atoms with Crippen molar-refractivity contribution in [2.75, 3.05) is 0 Å². The lowest BCUT2D eigenvalue weighted by Gasteiger charge is -2.07. The van der Waals surface area contributed by atoms with Gasteiger partial charge in [0.25, 0.3) is 5.91 Å². The van der Waals surface area contributed by atoms with Crippen LogP contribution in [0.15, 0.2) is 82.5 Å². The molecule has 6 nitrogen and oxygen atoms in total. The molecule has 0 bridgehead atoms. The van der Waals surface area contributed by atoms with Gasteiger partial charge >= 0.3 is 0 Å². The minimum absolute atomic E-state index is 0.00966. The van der Waals surface area contributed by atoms with E-state index in [1.807, 2.05) is 35.0 Å². The van der Waals surface area contributed by atoms with Gasteiger partial charge in [0.05, 0.1) is 11.7 Å². The van der Waals surface area contributed by atoms with Crippen LogP contribution in [0.25, 0.3) is 11.0 Å². The normalized spacial score (nSPS) is 10.8. The van der Waals surface area contributed by atoms with Crippen LogP contribution in [0, 0.1) is 0 Å². The highest BCUT2D eigenvalue weighted by atomic mass is 16.3. The lowest BCUT2D eigenvalue weighted by Crippen LogP contribution is -2.24. The van der Waals surface area contributed by atoms with E-state index in [-0.39, 0.29) is 11.2 Å². The highest BCUT2D eigenvalue weighted by Crippen LogP contribution is 2.12. The molecule has 134 valence electrons. The fraction of sp³-hybridized carbons (Fsp3) is 0.0952. The van der Waals surface area contributed by atoms with Gasteiger partial charge in [-0.15, -0.1) is 0 Å². The van der Waals surface area contributed by atoms with Crippen molar-refractivity contribution >= 4 is 16.9 Å². The molecule has 0 aliphatic rings. The first-order chi connectivity index (χ1) is 13.2. The summed E-state index contributed by atoms with van der Waals surface area (Å²) in [5.74, 6) is -0.407. The third-order valence-corrected chi connectivity index (χ3v) is 4.26. The SMILES string of the molecule is O=C(NCc1ccc(Cn2ccnc2)cc1)c1cc(=O)c2ccccc2o1. The van der Waals surface area contributed by atoms with Crippen LogP contribution in [-0.2, 0) is 13.1 Å². The Morgan fingerprint density at radius 3 is 2.63 bits per heavy atom. The summed E-state index contributed by atoms with van der Waals surface area (Å²) in [6.07, 6.45) is 5.42. The summed E-state index contributed by atoms with van der Waals surface area (Å²) >= 11 is 0. The first-order valence-electron chi connectivity index (χ1n) is 8.54. The maximum atomic E-state index is 12.3. The average Bonchev–Trinajstić information content (AvgIpc) is 3.20. The lowest BCUT2D eigenvalue weighted by molar-refractivity contribution is 0.0923. The molecule has 0 spiro atoms. The van der Waals surface area contributed by atoms with E-state index in [0.717, 1.165) is 17.7 Å². The van der Waals surface area contributed by atoms with Crippen LogP contribution in [-0.4, -0.2) is 15.5 Å². The Hall–Kier alpha value is -3.67. The number of benzene rings is 2. The van der Waals surface area contributed by atoms with E-state index in [0.29, 0.717) is 17.5 Å². The van der Waals surface area contributed by atoms with Crippen molar-refractivity contribution in [3.8, 4) is 0 Å². The largest absolute Gasteiger partial charge is 0.451 e. The van der Waals surface area contributed by atoms with Gasteiger partial charge in [-0.3, -0.25) is 9.59 Å². The highest BCUT2D eigenvalue weighted by Gasteiger charge is 2.11. The zero-order valence-electron chi connectivity index (χ0n) is 14.5. The summed E-state index contributed by atoms with van der Waals surface area (Å²) in [5, 5.41) is 3.25. The molecule has 1 amide bonds. The van der Waals surface area contributed by atoms with Crippen LogP contribution in [0.5, 0.6) is 0 Å². The monoisotopic (exact) mass is 359 g/mol. The van der Waals surface area contributed by atoms with Gasteiger partial charge in [-0.05, 0) is 23.3 Å². The number of carbonyl (C=O) groups excluding carboxylic acids is 1. The minimum Gasteiger partial charge on any atom is -0.451 e. The van der Waals surface area contributed by atoms with E-state index >= 15 is 0 Å². The van der Waals surface area contributed by atoms with Gasteiger partial charge in [0, 0.05) is 31.5 Å². The van der Waals surface area contributed by atoms with Crippen molar-refractivity contribution in [3.05, 3.63) is 100 Å². The summed E-state index contributed by atoms with van der Waals surface area (Å²) in [4.78, 5) is 28.5. The molecule has 0 saturated carbocycles. The Kier molecular flexibility index (Phi) is 4.53. The number of nitrogens with one attached hydrogen (secondary N) is 1. The molecular weight excluding hydrogens is 342 g/mol. The second-order valence-electron chi connectivity index (χ2n) is 6.21. The molecule has 2 aromatic heterocycles. The Balaban J connectivity index is 1.42. The number of carbonyl (C=O) groups is 1. The number of amides is 1. The van der Waals surface area contributed by atoms with Crippen LogP contribution < -0.4 is 10.7 Å². The molecule has 6 heteroatoms. The molecular formula is C21H17N3O3. The third kappa shape index (κ3) is 3.79. The molecule has 0 unspecified atom stereocenters. The molecule has 2 aromatic carbocycles. The van der Waals surface area contributed by atoms with E-state index in [9.17, 15) is 9.59 Å². The minimum atomic E-state index is -0.416. The summed E-state index contributed by atoms with van der Waals surface area (Å²) in [6.45, 7) is 1.09. The topological polar surface area (TPSA) is 77.1 Å². The van der Waals surface area contributed by atoms with Gasteiger partial charge in [-0.1, -0.05) is 36.4 Å². The number of hydrogen-bond acceptors (Lipinski definition) is 4. The van der Waals surface area contributed by atoms with Crippen molar-refractivity contribution < 1.29 is 9.21 Å². The number of fused-ring (bicyclic) bond motifs is 1. The van der Waals surface area contributed by atoms with E-state index < -0.39 is 5.91 Å². The molecule has 0 saturated heterocycles. The fourth-order valence-electron chi connectivity index (χ4n) is 2.84. The second-order valence-corrected chi connectivity index (χ2v) is 6.21. The van der Waals surface area contributed by atoms with Crippen LogP contribution in [0.1, 0.15) is 21.7 Å². The van der Waals surface area contributed by atoms with Crippen LogP contribution in [0.3, 0.4) is 0 Å². The van der Waals surface area contributed by atoms with Crippen molar-refractivity contribution in [3.63, 3.8) is 0 Å². The quantitative estimate of drug-likeness (QED) is 0.594. The van der Waals surface area contributed by atoms with E-state index in [2.05, 4.69) is 10.3 Å². The molecule has 0 radical (unpaired) electrons. The lowest BCUT2D eigenvalue weighted by atomic mass is 10.1. The molecule has 0 atom stereocenters. The maximum Gasteiger partial charge on any atom is 0.287 e. The zero-order chi connectivity index (χ0) is 18.6. The first kappa shape index (κ1) is 16.8. The van der Waals surface area contributed by atoms with E-state index in [1.54, 1.807) is 36.8 Å². The Morgan fingerprint density at radius 1 is 1.07 bits per heavy atom. The molecule has 2 heterocycles. The van der Waals surface area contributed by atoms with E-state index in [1.165, 1.54) is 6.07 Å². The Morgan fingerprint density at radius 2 is 1.85 bits per heavy atom. The number of hydrogen-bond donors (Lipinski definition) is 1. The number of rotatable bonds is 5. The Labute approximate surface area is 155 Å². The fourth-order valence-corrected chi connectivity index (χ4v) is 2.84. The molecule has 0 aliphatic carbocycles. The maximum absolute atomic E-state index is 12.3. The van der Waals surface area contributed by atoms with Crippen LogP contribution >= 0.6 is 0 Å². The predicted octanol–water partition coefficient (Wildman–Crippen LogP) is 2.97. The Bertz CT molecular complexity index is 1130. The summed E-state index contributed by atoms with van der Waals surface area (Å²) in [5.41, 5.74) is 2.27. The second kappa shape index (κ2) is 7.29. The highest BCUT2D eigenvalue weighted by molar-refractivity contribution is 5.93. The molecule has 4 rings (SSSR count). The molecule has 1 N–H and O–H groups in total. The summed E-state index contributed by atoms with van der Waals surface area (Å²) < 4.78 is 7.53. The van der Waals surface area contributed by atoms with Crippen molar-refractivity contribution in [2.24, 2.45) is 0 Å². The zero-order valence-corrected chi connectivity index (χ0v) is 14.5. The smallest absolute Gasteiger partial charge is 0.287 e. The van der Waals surface area contributed by atoms with Crippen LogP contribution in [0.4, 0.5) is 0 Å². The van der Waals surface area contributed by atoms with Crippen molar-refractivity contribution in [2.45, 2.75) is 13.1 Å². The molecule has 27 heavy (non-hydrogen) atoms. The third-order valence-electron chi connectivity index (χ3n) is 4.26. The first-order valence-corrected chi connectivity index (χ1v) is 8.54. The number of nitrogens with zero attached hydrogens (tertiary/aromatic N) is 2. The summed E-state index contributed by atoms with van der Waals surface area (Å²) in [6, 6.07) is 16.0. The van der Waals surface area contributed by atoms with E-state index in [4.69, 9.17) is 4.42 Å². The molecule has 0 fully saturated rings.